The van der Waals surface area contributed by atoms with Gasteiger partial charge in [0, 0.05) is 49.7 Å². The second-order valence-electron chi connectivity index (χ2n) is 10.3. The van der Waals surface area contributed by atoms with Gasteiger partial charge < -0.3 is 18.8 Å². The quantitative estimate of drug-likeness (QED) is 0.177. The Kier molecular flexibility index (Phi) is 7.89. The molecule has 2 aromatic carbocycles. The first-order valence-electron chi connectivity index (χ1n) is 13.5. The molecule has 4 heterocycles. The summed E-state index contributed by atoms with van der Waals surface area (Å²) < 4.78 is 46.0. The van der Waals surface area contributed by atoms with Crippen LogP contribution in [0.5, 0.6) is 0 Å². The van der Waals surface area contributed by atoms with Gasteiger partial charge in [0.2, 0.25) is 0 Å². The molecule has 0 amide bonds. The maximum atomic E-state index is 13.8. The van der Waals surface area contributed by atoms with E-state index in [1.807, 2.05) is 35.2 Å². The third-order valence-corrected chi connectivity index (χ3v) is 8.38. The van der Waals surface area contributed by atoms with Crippen molar-refractivity contribution in [3.63, 3.8) is 0 Å². The number of anilines is 2. The summed E-state index contributed by atoms with van der Waals surface area (Å²) in [4.78, 5) is 16.9. The van der Waals surface area contributed by atoms with Crippen molar-refractivity contribution in [2.45, 2.75) is 38.3 Å². The number of benzene rings is 2. The molecule has 6 rings (SSSR count). The van der Waals surface area contributed by atoms with Gasteiger partial charge in [-0.25, -0.2) is 23.7 Å². The number of furan rings is 1. The highest BCUT2D eigenvalue weighted by Crippen LogP contribution is 2.37. The number of hydrogen-bond donors (Lipinski definition) is 0. The molecule has 0 bridgehead atoms. The van der Waals surface area contributed by atoms with Crippen molar-refractivity contribution in [1.29, 1.82) is 0 Å². The van der Waals surface area contributed by atoms with E-state index in [-0.39, 0.29) is 18.1 Å². The number of ether oxygens (including phenoxy) is 2. The lowest BCUT2D eigenvalue weighted by molar-refractivity contribution is 0.0478. The molecule has 1 unspecified atom stereocenters. The van der Waals surface area contributed by atoms with Crippen LogP contribution < -0.4 is 9.80 Å². The second kappa shape index (κ2) is 11.6. The summed E-state index contributed by atoms with van der Waals surface area (Å²) in [5.41, 5.74) is 2.14. The van der Waals surface area contributed by atoms with Gasteiger partial charge in [0.25, 0.3) is 12.4 Å². The molecule has 0 radical (unpaired) electrons. The molecule has 2 aromatic heterocycles. The molecular formula is C29H29Cl2F2N5O3. The molecule has 41 heavy (non-hydrogen) atoms. The van der Waals surface area contributed by atoms with Crippen molar-refractivity contribution in [2.24, 2.45) is 10.9 Å². The Bertz CT molecular complexity index is 1600. The summed E-state index contributed by atoms with van der Waals surface area (Å²) in [6.45, 7) is 4.31. The van der Waals surface area contributed by atoms with Crippen molar-refractivity contribution in [2.75, 3.05) is 43.2 Å². The van der Waals surface area contributed by atoms with E-state index in [0.717, 1.165) is 12.1 Å². The van der Waals surface area contributed by atoms with Gasteiger partial charge in [0.15, 0.2) is 17.2 Å². The molecule has 2 saturated heterocycles. The summed E-state index contributed by atoms with van der Waals surface area (Å²) >= 11 is 12.6. The van der Waals surface area contributed by atoms with E-state index in [2.05, 4.69) is 26.8 Å². The Balaban J connectivity index is 1.30. The third kappa shape index (κ3) is 5.40. The van der Waals surface area contributed by atoms with Crippen molar-refractivity contribution < 1.29 is 22.7 Å². The molecule has 0 N–H and O–H groups in total. The molecule has 0 spiro atoms. The van der Waals surface area contributed by atoms with Crippen molar-refractivity contribution in [3.8, 4) is 0 Å². The van der Waals surface area contributed by atoms with Gasteiger partial charge in [0.1, 0.15) is 17.2 Å². The summed E-state index contributed by atoms with van der Waals surface area (Å²) in [5, 5.41) is 1.57. The molecule has 2 aliphatic heterocycles. The number of fused-ring (bicyclic) bond motifs is 3. The fourth-order valence-electron chi connectivity index (χ4n) is 5.62. The van der Waals surface area contributed by atoms with Crippen LogP contribution in [0.25, 0.3) is 22.1 Å². The van der Waals surface area contributed by atoms with Crippen LogP contribution in [0.15, 0.2) is 51.9 Å². The third-order valence-electron chi connectivity index (χ3n) is 7.64. The Morgan fingerprint density at radius 2 is 1.98 bits per heavy atom. The van der Waals surface area contributed by atoms with Gasteiger partial charge in [-0.2, -0.15) is 0 Å². The van der Waals surface area contributed by atoms with Gasteiger partial charge in [-0.15, -0.1) is 0 Å². The van der Waals surface area contributed by atoms with Crippen LogP contribution in [0, 0.1) is 5.92 Å². The Hall–Kier alpha value is -3.21. The zero-order valence-electron chi connectivity index (χ0n) is 22.6. The SMILES string of the molecule is CN=C(O[C@H]1CCN(c2nc(C(F)F)nc3c2oc2ccccc23)C1)N(c1ccc(Cl)c(Cl)c1)[C@@H]1CCOCC1C. The minimum absolute atomic E-state index is 0.0582. The molecule has 216 valence electrons. The van der Waals surface area contributed by atoms with Crippen LogP contribution in [0.4, 0.5) is 20.3 Å². The van der Waals surface area contributed by atoms with Crippen LogP contribution in [0.3, 0.4) is 0 Å². The molecule has 2 fully saturated rings. The lowest BCUT2D eigenvalue weighted by Crippen LogP contribution is -2.50. The zero-order chi connectivity index (χ0) is 28.7. The second-order valence-corrected chi connectivity index (χ2v) is 11.2. The molecule has 8 nitrogen and oxygen atoms in total. The first kappa shape index (κ1) is 27.9. The summed E-state index contributed by atoms with van der Waals surface area (Å²) in [7, 11) is 1.69. The van der Waals surface area contributed by atoms with Crippen LogP contribution >= 0.6 is 23.2 Å². The summed E-state index contributed by atoms with van der Waals surface area (Å²) in [6.07, 6.45) is -1.69. The summed E-state index contributed by atoms with van der Waals surface area (Å²) in [6, 6.07) is 13.2. The number of halogens is 4. The van der Waals surface area contributed by atoms with Crippen molar-refractivity contribution in [1.82, 2.24) is 9.97 Å². The van der Waals surface area contributed by atoms with Crippen LogP contribution in [-0.4, -0.2) is 61.5 Å². The fourth-order valence-corrected chi connectivity index (χ4v) is 5.91. The molecule has 0 saturated carbocycles. The average molecular weight is 604 g/mol. The van der Waals surface area contributed by atoms with Gasteiger partial charge in [-0.1, -0.05) is 42.3 Å². The predicted molar refractivity (Wildman–Crippen MR) is 157 cm³/mol. The van der Waals surface area contributed by atoms with Crippen LogP contribution in [-0.2, 0) is 9.47 Å². The standard InChI is InChI=1S/C29H29Cl2F2N5O3/c1-16-15-39-12-10-22(16)38(17-7-8-20(30)21(31)13-17)29(34-2)40-18-9-11-37(14-18)28-25-24(35-27(36-28)26(32)33)19-5-3-4-6-23(19)41-25/h3-8,13,16,18,22,26H,9-12,14-15H2,1-2H3/t16?,18-,22+/m0/s1. The number of amidine groups is 1. The Morgan fingerprint density at radius 3 is 2.73 bits per heavy atom. The fraction of sp³-hybridized carbons (Fsp3) is 0.414. The number of nitrogens with zero attached hydrogens (tertiary/aromatic N) is 5. The van der Waals surface area contributed by atoms with E-state index >= 15 is 0 Å². The van der Waals surface area contributed by atoms with Gasteiger partial charge >= 0.3 is 0 Å². The largest absolute Gasteiger partial charge is 0.460 e. The Labute approximate surface area is 245 Å². The number of rotatable bonds is 5. The van der Waals surface area contributed by atoms with E-state index in [1.165, 1.54) is 0 Å². The van der Waals surface area contributed by atoms with E-state index in [0.29, 0.717) is 76.7 Å². The number of para-hydroxylation sites is 1. The minimum atomic E-state index is -2.82. The first-order chi connectivity index (χ1) is 19.8. The number of aliphatic imine (C=N–C) groups is 1. The van der Waals surface area contributed by atoms with E-state index in [9.17, 15) is 8.78 Å². The molecule has 0 aliphatic carbocycles. The number of alkyl halides is 2. The predicted octanol–water partition coefficient (Wildman–Crippen LogP) is 7.13. The molecule has 4 aromatic rings. The molecule has 12 heteroatoms. The number of aromatic nitrogens is 2. The van der Waals surface area contributed by atoms with E-state index in [1.54, 1.807) is 19.2 Å². The van der Waals surface area contributed by atoms with E-state index in [4.69, 9.17) is 37.1 Å². The topological polar surface area (TPSA) is 76.2 Å². The lowest BCUT2D eigenvalue weighted by Gasteiger charge is -2.40. The Morgan fingerprint density at radius 1 is 1.15 bits per heavy atom. The van der Waals surface area contributed by atoms with Gasteiger partial charge in [0.05, 0.1) is 23.2 Å². The van der Waals surface area contributed by atoms with Crippen LogP contribution in [0.2, 0.25) is 10.0 Å². The lowest BCUT2D eigenvalue weighted by atomic mass is 9.95. The highest BCUT2D eigenvalue weighted by Gasteiger charge is 2.36. The monoisotopic (exact) mass is 603 g/mol. The maximum Gasteiger partial charge on any atom is 0.297 e. The highest BCUT2D eigenvalue weighted by atomic mass is 35.5. The van der Waals surface area contributed by atoms with E-state index < -0.39 is 12.2 Å². The average Bonchev–Trinajstić information content (AvgIpc) is 3.59. The zero-order valence-corrected chi connectivity index (χ0v) is 24.1. The molecule has 2 aliphatic rings. The summed E-state index contributed by atoms with van der Waals surface area (Å²) in [5.74, 6) is 0.00860. The van der Waals surface area contributed by atoms with Gasteiger partial charge in [-0.05, 0) is 36.8 Å². The normalized spacial score (nSPS) is 21.8. The van der Waals surface area contributed by atoms with Crippen LogP contribution in [0.1, 0.15) is 32.0 Å². The van der Waals surface area contributed by atoms with Gasteiger partial charge in [-0.3, -0.25) is 4.90 Å². The smallest absolute Gasteiger partial charge is 0.297 e. The minimum Gasteiger partial charge on any atom is -0.460 e. The number of hydrogen-bond acceptors (Lipinski definition) is 7. The molecule has 3 atom stereocenters. The van der Waals surface area contributed by atoms with Crippen molar-refractivity contribution in [3.05, 3.63) is 58.3 Å². The maximum absolute atomic E-state index is 13.8. The van der Waals surface area contributed by atoms with Crippen molar-refractivity contribution >= 4 is 62.8 Å². The highest BCUT2D eigenvalue weighted by molar-refractivity contribution is 6.42. The molecular weight excluding hydrogens is 575 g/mol. The first-order valence-corrected chi connectivity index (χ1v) is 14.3.